The quantitative estimate of drug-likeness (QED) is 0.852. The van der Waals surface area contributed by atoms with E-state index in [1.165, 1.54) is 0 Å². The lowest BCUT2D eigenvalue weighted by molar-refractivity contribution is 0.0185. The molecule has 0 radical (unpaired) electrons. The molecule has 2 N–H and O–H groups in total. The number of pyridine rings is 1. The summed E-state index contributed by atoms with van der Waals surface area (Å²) >= 11 is 0. The fourth-order valence-electron chi connectivity index (χ4n) is 2.96. The van der Waals surface area contributed by atoms with Crippen molar-refractivity contribution in [3.63, 3.8) is 0 Å². The Labute approximate surface area is 122 Å². The number of carbonyl (C=O) groups is 1. The van der Waals surface area contributed by atoms with Crippen LogP contribution in [0, 0.1) is 5.82 Å². The van der Waals surface area contributed by atoms with Gasteiger partial charge in [0.15, 0.2) is 0 Å². The van der Waals surface area contributed by atoms with Crippen LogP contribution in [-0.2, 0) is 4.74 Å². The molecule has 0 bridgehead atoms. The van der Waals surface area contributed by atoms with Crippen molar-refractivity contribution in [3.05, 3.63) is 23.6 Å². The van der Waals surface area contributed by atoms with Crippen molar-refractivity contribution < 1.29 is 13.9 Å². The van der Waals surface area contributed by atoms with Gasteiger partial charge in [-0.3, -0.25) is 9.69 Å². The van der Waals surface area contributed by atoms with Crippen molar-refractivity contribution in [1.29, 1.82) is 0 Å². The monoisotopic (exact) mass is 294 g/mol. The van der Waals surface area contributed by atoms with Gasteiger partial charge in [-0.05, 0) is 12.5 Å². The maximum absolute atomic E-state index is 13.3. The molecule has 0 aromatic carbocycles. The molecule has 6 nitrogen and oxygen atoms in total. The third kappa shape index (κ3) is 2.98. The van der Waals surface area contributed by atoms with Crippen LogP contribution in [0.2, 0.25) is 0 Å². The average Bonchev–Trinajstić information content (AvgIpc) is 3.00. The molecule has 3 heterocycles. The predicted octanol–water partition coefficient (Wildman–Crippen LogP) is 0.350. The maximum atomic E-state index is 13.3. The molecule has 0 saturated carbocycles. The Morgan fingerprint density at radius 1 is 1.38 bits per heavy atom. The third-order valence-corrected chi connectivity index (χ3v) is 4.13. The Morgan fingerprint density at radius 2 is 2.14 bits per heavy atom. The minimum Gasteiger partial charge on any atom is -0.383 e. The fourth-order valence-corrected chi connectivity index (χ4v) is 2.96. The van der Waals surface area contributed by atoms with E-state index in [1.54, 1.807) is 4.90 Å². The predicted molar refractivity (Wildman–Crippen MR) is 75.3 cm³/mol. The second kappa shape index (κ2) is 5.95. The zero-order chi connectivity index (χ0) is 14.8. The number of nitrogens with zero attached hydrogens (tertiary/aromatic N) is 3. The highest BCUT2D eigenvalue weighted by molar-refractivity contribution is 5.98. The van der Waals surface area contributed by atoms with Gasteiger partial charge >= 0.3 is 0 Å². The van der Waals surface area contributed by atoms with Crippen molar-refractivity contribution in [2.45, 2.75) is 12.5 Å². The number of hydrogen-bond donors (Lipinski definition) is 1. The minimum atomic E-state index is -0.545. The summed E-state index contributed by atoms with van der Waals surface area (Å²) in [6.07, 6.45) is 1.95. The SMILES string of the molecule is Nc1ncc(F)cc1C(=O)N1CCC(N2CCOCC2)C1. The molecular weight excluding hydrogens is 275 g/mol. The highest BCUT2D eigenvalue weighted by Crippen LogP contribution is 2.21. The Bertz CT molecular complexity index is 534. The third-order valence-electron chi connectivity index (χ3n) is 4.13. The summed E-state index contributed by atoms with van der Waals surface area (Å²) in [5.41, 5.74) is 5.83. The van der Waals surface area contributed by atoms with E-state index in [-0.39, 0.29) is 17.3 Å². The van der Waals surface area contributed by atoms with Crippen LogP contribution in [-0.4, -0.2) is 66.1 Å². The minimum absolute atomic E-state index is 0.0798. The highest BCUT2D eigenvalue weighted by atomic mass is 19.1. The van der Waals surface area contributed by atoms with Gasteiger partial charge in [0, 0.05) is 32.2 Å². The molecule has 1 unspecified atom stereocenters. The Balaban J connectivity index is 1.67. The van der Waals surface area contributed by atoms with Crippen LogP contribution in [0.1, 0.15) is 16.8 Å². The number of hydrogen-bond acceptors (Lipinski definition) is 5. The van der Waals surface area contributed by atoms with Crippen LogP contribution in [0.4, 0.5) is 10.2 Å². The summed E-state index contributed by atoms with van der Waals surface area (Å²) in [6.45, 7) is 4.59. The molecule has 7 heteroatoms. The number of morpholine rings is 1. The Morgan fingerprint density at radius 3 is 2.90 bits per heavy atom. The number of anilines is 1. The van der Waals surface area contributed by atoms with Gasteiger partial charge in [-0.15, -0.1) is 0 Å². The van der Waals surface area contributed by atoms with Gasteiger partial charge in [-0.2, -0.15) is 0 Å². The maximum Gasteiger partial charge on any atom is 0.257 e. The number of rotatable bonds is 2. The topological polar surface area (TPSA) is 71.7 Å². The molecule has 0 aliphatic carbocycles. The highest BCUT2D eigenvalue weighted by Gasteiger charge is 2.32. The van der Waals surface area contributed by atoms with Crippen molar-refractivity contribution in [2.24, 2.45) is 0 Å². The number of aromatic nitrogens is 1. The number of amides is 1. The molecule has 1 aromatic rings. The lowest BCUT2D eigenvalue weighted by Crippen LogP contribution is -2.45. The first-order valence-corrected chi connectivity index (χ1v) is 7.17. The molecule has 21 heavy (non-hydrogen) atoms. The van der Waals surface area contributed by atoms with Gasteiger partial charge in [0.25, 0.3) is 5.91 Å². The second-order valence-electron chi connectivity index (χ2n) is 5.43. The largest absolute Gasteiger partial charge is 0.383 e. The number of nitrogen functional groups attached to an aromatic ring is 1. The lowest BCUT2D eigenvalue weighted by atomic mass is 10.2. The average molecular weight is 294 g/mol. The summed E-state index contributed by atoms with van der Waals surface area (Å²) in [7, 11) is 0. The van der Waals surface area contributed by atoms with Crippen molar-refractivity contribution in [3.8, 4) is 0 Å². The van der Waals surface area contributed by atoms with Gasteiger partial charge in [-0.1, -0.05) is 0 Å². The summed E-state index contributed by atoms with van der Waals surface area (Å²) in [5.74, 6) is -0.706. The van der Waals surface area contributed by atoms with Crippen LogP contribution >= 0.6 is 0 Å². The van der Waals surface area contributed by atoms with E-state index < -0.39 is 5.82 Å². The molecule has 1 aromatic heterocycles. The van der Waals surface area contributed by atoms with Crippen LogP contribution in [0.25, 0.3) is 0 Å². The van der Waals surface area contributed by atoms with Gasteiger partial charge in [-0.25, -0.2) is 9.37 Å². The van der Waals surface area contributed by atoms with Crippen molar-refractivity contribution in [1.82, 2.24) is 14.8 Å². The van der Waals surface area contributed by atoms with Gasteiger partial charge in [0.1, 0.15) is 11.6 Å². The number of ether oxygens (including phenoxy) is 1. The molecule has 1 amide bonds. The Hall–Kier alpha value is -1.73. The van der Waals surface area contributed by atoms with Crippen LogP contribution < -0.4 is 5.73 Å². The second-order valence-corrected chi connectivity index (χ2v) is 5.43. The summed E-state index contributed by atoms with van der Waals surface area (Å²) < 4.78 is 18.6. The van der Waals surface area contributed by atoms with Gasteiger partial charge in [0.05, 0.1) is 25.0 Å². The van der Waals surface area contributed by atoms with Gasteiger partial charge < -0.3 is 15.4 Å². The zero-order valence-electron chi connectivity index (χ0n) is 11.8. The number of halogens is 1. The first-order valence-electron chi connectivity index (χ1n) is 7.17. The van der Waals surface area contributed by atoms with Gasteiger partial charge in [0.2, 0.25) is 0 Å². The summed E-state index contributed by atoms with van der Waals surface area (Å²) in [4.78, 5) is 20.2. The fraction of sp³-hybridized carbons (Fsp3) is 0.571. The molecule has 2 aliphatic rings. The summed E-state index contributed by atoms with van der Waals surface area (Å²) in [5, 5.41) is 0. The van der Waals surface area contributed by atoms with Crippen LogP contribution in [0.15, 0.2) is 12.3 Å². The van der Waals surface area contributed by atoms with Crippen molar-refractivity contribution in [2.75, 3.05) is 45.1 Å². The molecule has 2 fully saturated rings. The number of likely N-dealkylation sites (tertiary alicyclic amines) is 1. The number of carbonyl (C=O) groups excluding carboxylic acids is 1. The van der Waals surface area contributed by atoms with E-state index in [1.807, 2.05) is 0 Å². The number of nitrogens with two attached hydrogens (primary N) is 1. The van der Waals surface area contributed by atoms with E-state index in [2.05, 4.69) is 9.88 Å². The first kappa shape index (κ1) is 14.2. The zero-order valence-corrected chi connectivity index (χ0v) is 11.8. The van der Waals surface area contributed by atoms with E-state index in [0.717, 1.165) is 45.0 Å². The molecule has 3 rings (SSSR count). The summed E-state index contributed by atoms with van der Waals surface area (Å²) in [6, 6.07) is 1.51. The normalized spacial score (nSPS) is 23.5. The van der Waals surface area contributed by atoms with Crippen molar-refractivity contribution >= 4 is 11.7 Å². The first-order chi connectivity index (χ1) is 10.1. The molecule has 1 atom stereocenters. The Kier molecular flexibility index (Phi) is 4.03. The van der Waals surface area contributed by atoms with E-state index in [4.69, 9.17) is 10.5 Å². The smallest absolute Gasteiger partial charge is 0.257 e. The molecule has 114 valence electrons. The van der Waals surface area contributed by atoms with E-state index in [0.29, 0.717) is 19.1 Å². The standard InChI is InChI=1S/C14H19FN4O2/c15-10-7-12(13(16)17-8-10)14(20)19-2-1-11(9-19)18-3-5-21-6-4-18/h7-8,11H,1-6,9H2,(H2,16,17). The lowest BCUT2D eigenvalue weighted by Gasteiger charge is -2.32. The molecular formula is C14H19FN4O2. The van der Waals surface area contributed by atoms with E-state index in [9.17, 15) is 9.18 Å². The van der Waals surface area contributed by atoms with Crippen LogP contribution in [0.3, 0.4) is 0 Å². The molecule has 2 saturated heterocycles. The molecule has 2 aliphatic heterocycles. The molecule has 0 spiro atoms. The van der Waals surface area contributed by atoms with E-state index >= 15 is 0 Å². The van der Waals surface area contributed by atoms with Crippen LogP contribution in [0.5, 0.6) is 0 Å².